The van der Waals surface area contributed by atoms with Crippen LogP contribution in [0.5, 0.6) is 0 Å². The number of hydrogen-bond donors (Lipinski definition) is 2. The topological polar surface area (TPSA) is 124 Å². The average molecular weight is 373 g/mol. The number of benzene rings is 1. The number of nitrogens with zero attached hydrogens (tertiary/aromatic N) is 5. The number of aromatic amines is 1. The molecule has 3 rings (SSSR count). The van der Waals surface area contributed by atoms with Crippen molar-refractivity contribution in [2.45, 2.75) is 20.0 Å². The molecule has 0 spiro atoms. The summed E-state index contributed by atoms with van der Waals surface area (Å²) in [4.78, 5) is 27.1. The van der Waals surface area contributed by atoms with Gasteiger partial charge in [0.25, 0.3) is 11.6 Å². The average Bonchev–Trinajstić information content (AvgIpc) is 3.28. The Morgan fingerprint density at radius 3 is 2.92 bits per heavy atom. The predicted molar refractivity (Wildman–Crippen MR) is 94.5 cm³/mol. The summed E-state index contributed by atoms with van der Waals surface area (Å²) in [5.41, 5.74) is 0.320. The molecule has 1 aromatic carbocycles. The molecular formula is C15H15N7O3S. The summed E-state index contributed by atoms with van der Waals surface area (Å²) in [6, 6.07) is 4.27. The van der Waals surface area contributed by atoms with Crippen LogP contribution in [0.15, 0.2) is 36.9 Å². The van der Waals surface area contributed by atoms with Crippen molar-refractivity contribution in [1.82, 2.24) is 29.6 Å². The number of carbonyl (C=O) groups is 1. The van der Waals surface area contributed by atoms with E-state index >= 15 is 0 Å². The van der Waals surface area contributed by atoms with Crippen molar-refractivity contribution >= 4 is 23.8 Å². The van der Waals surface area contributed by atoms with Gasteiger partial charge in [-0.15, -0.1) is 0 Å². The second-order valence-corrected chi connectivity index (χ2v) is 5.69. The van der Waals surface area contributed by atoms with Crippen LogP contribution < -0.4 is 5.32 Å². The van der Waals surface area contributed by atoms with Gasteiger partial charge in [-0.2, -0.15) is 5.10 Å². The molecule has 2 N–H and O–H groups in total. The first-order valence-electron chi connectivity index (χ1n) is 7.70. The van der Waals surface area contributed by atoms with Gasteiger partial charge in [-0.25, -0.2) is 4.98 Å². The molecule has 0 fully saturated rings. The maximum Gasteiger partial charge on any atom is 0.294 e. The zero-order valence-electron chi connectivity index (χ0n) is 13.7. The molecule has 0 aliphatic rings. The summed E-state index contributed by atoms with van der Waals surface area (Å²) < 4.78 is 3.73. The second-order valence-electron chi connectivity index (χ2n) is 5.30. The monoisotopic (exact) mass is 373 g/mol. The zero-order valence-corrected chi connectivity index (χ0v) is 14.6. The Morgan fingerprint density at radius 1 is 1.46 bits per heavy atom. The Bertz CT molecular complexity index is 1010. The maximum atomic E-state index is 12.4. The molecule has 0 saturated heterocycles. The molecule has 0 atom stereocenters. The van der Waals surface area contributed by atoms with E-state index < -0.39 is 10.8 Å². The lowest BCUT2D eigenvalue weighted by atomic mass is 10.1. The second kappa shape index (κ2) is 7.27. The van der Waals surface area contributed by atoms with Gasteiger partial charge in [0.2, 0.25) is 0 Å². The largest absolute Gasteiger partial charge is 0.345 e. The lowest BCUT2D eigenvalue weighted by molar-refractivity contribution is -0.384. The van der Waals surface area contributed by atoms with Crippen molar-refractivity contribution in [3.8, 4) is 5.69 Å². The molecule has 1 amide bonds. The molecule has 2 aromatic heterocycles. The van der Waals surface area contributed by atoms with E-state index in [4.69, 9.17) is 12.2 Å². The highest BCUT2D eigenvalue weighted by molar-refractivity contribution is 7.71. The van der Waals surface area contributed by atoms with Gasteiger partial charge in [0, 0.05) is 30.6 Å². The van der Waals surface area contributed by atoms with Gasteiger partial charge in [0.15, 0.2) is 10.6 Å². The molecule has 0 unspecified atom stereocenters. The van der Waals surface area contributed by atoms with Crippen molar-refractivity contribution in [2.24, 2.45) is 0 Å². The number of rotatable bonds is 6. The molecule has 0 aliphatic carbocycles. The van der Waals surface area contributed by atoms with Crippen LogP contribution in [0.1, 0.15) is 23.1 Å². The number of H-pyrrole nitrogens is 1. The Hall–Kier alpha value is -3.34. The highest BCUT2D eigenvalue weighted by Crippen LogP contribution is 2.24. The van der Waals surface area contributed by atoms with E-state index in [1.165, 1.54) is 35.3 Å². The van der Waals surface area contributed by atoms with Gasteiger partial charge in [-0.1, -0.05) is 0 Å². The standard InChI is InChI=1S/C15H15N7O3S/c1-2-21-13(18-19-15(21)26)8-17-14(23)10-3-4-11(12(7-10)22(24)25)20-6-5-16-9-20/h3-7,9H,2,8H2,1H3,(H,17,23)(H,19,26). The number of nitrogens with one attached hydrogen (secondary N) is 2. The number of carbonyl (C=O) groups excluding carboxylic acids is 1. The molecule has 11 heteroatoms. The Balaban J connectivity index is 1.82. The van der Waals surface area contributed by atoms with Crippen molar-refractivity contribution < 1.29 is 9.72 Å². The van der Waals surface area contributed by atoms with E-state index in [0.717, 1.165) is 0 Å². The number of amides is 1. The minimum absolute atomic E-state index is 0.150. The lowest BCUT2D eigenvalue weighted by Gasteiger charge is -2.08. The van der Waals surface area contributed by atoms with Crippen LogP contribution in [-0.4, -0.2) is 35.1 Å². The minimum atomic E-state index is -0.533. The summed E-state index contributed by atoms with van der Waals surface area (Å²) >= 11 is 5.09. The van der Waals surface area contributed by atoms with Gasteiger partial charge >= 0.3 is 0 Å². The van der Waals surface area contributed by atoms with Crippen molar-refractivity contribution in [1.29, 1.82) is 0 Å². The predicted octanol–water partition coefficient (Wildman–Crippen LogP) is 1.98. The number of aromatic nitrogens is 5. The van der Waals surface area contributed by atoms with Crippen molar-refractivity contribution in [2.75, 3.05) is 0 Å². The van der Waals surface area contributed by atoms with Crippen LogP contribution in [0.25, 0.3) is 5.69 Å². The van der Waals surface area contributed by atoms with Crippen molar-refractivity contribution in [3.63, 3.8) is 0 Å². The van der Waals surface area contributed by atoms with E-state index in [9.17, 15) is 14.9 Å². The molecule has 2 heterocycles. The zero-order chi connectivity index (χ0) is 18.7. The summed E-state index contributed by atoms with van der Waals surface area (Å²) in [7, 11) is 0. The highest BCUT2D eigenvalue weighted by atomic mass is 32.1. The van der Waals surface area contributed by atoms with Gasteiger partial charge in [0.05, 0.1) is 17.8 Å². The summed E-state index contributed by atoms with van der Waals surface area (Å²) in [6.45, 7) is 2.68. The quantitative estimate of drug-likeness (QED) is 0.387. The fourth-order valence-electron chi connectivity index (χ4n) is 2.50. The SMILES string of the molecule is CCn1c(CNC(=O)c2ccc(-n3ccnc3)c([N+](=O)[O-])c2)n[nH]c1=S. The summed E-state index contributed by atoms with van der Waals surface area (Å²) in [5.74, 6) is 0.136. The van der Waals surface area contributed by atoms with E-state index in [1.807, 2.05) is 6.92 Å². The molecule has 26 heavy (non-hydrogen) atoms. The van der Waals surface area contributed by atoms with Crippen LogP contribution in [0.3, 0.4) is 0 Å². The van der Waals surface area contributed by atoms with E-state index in [2.05, 4.69) is 20.5 Å². The molecule has 3 aromatic rings. The first-order chi connectivity index (χ1) is 12.5. The normalized spacial score (nSPS) is 10.7. The number of nitro benzene ring substituents is 1. The summed E-state index contributed by atoms with van der Waals surface area (Å²) in [6.07, 6.45) is 4.57. The molecule has 0 bridgehead atoms. The third kappa shape index (κ3) is 3.37. The van der Waals surface area contributed by atoms with E-state index in [-0.39, 0.29) is 17.8 Å². The molecule has 134 valence electrons. The number of imidazole rings is 1. The maximum absolute atomic E-state index is 12.4. The fourth-order valence-corrected chi connectivity index (χ4v) is 2.78. The Labute approximate surface area is 152 Å². The highest BCUT2D eigenvalue weighted by Gasteiger charge is 2.19. The van der Waals surface area contributed by atoms with Gasteiger partial charge in [-0.05, 0) is 31.3 Å². The van der Waals surface area contributed by atoms with Gasteiger partial charge in [-0.3, -0.25) is 20.0 Å². The first kappa shape index (κ1) is 17.5. The van der Waals surface area contributed by atoms with E-state index in [0.29, 0.717) is 22.8 Å². The Morgan fingerprint density at radius 2 is 2.27 bits per heavy atom. The Kier molecular flexibility index (Phi) is 4.89. The van der Waals surface area contributed by atoms with Crippen LogP contribution in [0.4, 0.5) is 5.69 Å². The molecule has 10 nitrogen and oxygen atoms in total. The number of nitro groups is 1. The first-order valence-corrected chi connectivity index (χ1v) is 8.11. The third-order valence-corrected chi connectivity index (χ3v) is 4.09. The molecular weight excluding hydrogens is 358 g/mol. The molecule has 0 aliphatic heterocycles. The van der Waals surface area contributed by atoms with Crippen LogP contribution in [0, 0.1) is 14.9 Å². The van der Waals surface area contributed by atoms with E-state index in [1.54, 1.807) is 10.8 Å². The number of hydrogen-bond acceptors (Lipinski definition) is 6. The molecule has 0 radical (unpaired) electrons. The van der Waals surface area contributed by atoms with Gasteiger partial charge < -0.3 is 14.5 Å². The third-order valence-electron chi connectivity index (χ3n) is 3.78. The molecule has 0 saturated carbocycles. The van der Waals surface area contributed by atoms with Crippen LogP contribution in [-0.2, 0) is 13.1 Å². The summed E-state index contributed by atoms with van der Waals surface area (Å²) in [5, 5.41) is 20.8. The smallest absolute Gasteiger partial charge is 0.294 e. The van der Waals surface area contributed by atoms with Crippen molar-refractivity contribution in [3.05, 3.63) is 63.2 Å². The minimum Gasteiger partial charge on any atom is -0.345 e. The van der Waals surface area contributed by atoms with Gasteiger partial charge in [0.1, 0.15) is 5.69 Å². The fraction of sp³-hybridized carbons (Fsp3) is 0.200. The lowest BCUT2D eigenvalue weighted by Crippen LogP contribution is -2.25. The van der Waals surface area contributed by atoms with Crippen LogP contribution >= 0.6 is 12.2 Å². The van der Waals surface area contributed by atoms with Crippen LogP contribution in [0.2, 0.25) is 0 Å².